The van der Waals surface area contributed by atoms with Gasteiger partial charge in [0, 0.05) is 0 Å². The molecule has 0 aliphatic carbocycles. The molecule has 25 heavy (non-hydrogen) atoms. The van der Waals surface area contributed by atoms with Gasteiger partial charge in [-0.1, -0.05) is 28.4 Å². The van der Waals surface area contributed by atoms with E-state index in [1.807, 2.05) is 0 Å². The zero-order chi connectivity index (χ0) is 18.8. The number of halogens is 2. The van der Waals surface area contributed by atoms with Gasteiger partial charge in [-0.3, -0.25) is 4.79 Å². The molecule has 0 bridgehead atoms. The summed E-state index contributed by atoms with van der Waals surface area (Å²) in [5, 5.41) is 4.08. The van der Waals surface area contributed by atoms with E-state index < -0.39 is 22.0 Å². The second kappa shape index (κ2) is 7.74. The number of aromatic nitrogens is 1. The van der Waals surface area contributed by atoms with Gasteiger partial charge in [0.2, 0.25) is 10.0 Å². The van der Waals surface area contributed by atoms with Gasteiger partial charge in [-0.2, -0.15) is 4.72 Å². The van der Waals surface area contributed by atoms with Gasteiger partial charge in [-0.15, -0.1) is 0 Å². The second-order valence-electron chi connectivity index (χ2n) is 5.33. The predicted molar refractivity (Wildman–Crippen MR) is 92.0 cm³/mol. The van der Waals surface area contributed by atoms with Gasteiger partial charge in [0.05, 0.1) is 26.2 Å². The average Bonchev–Trinajstić information content (AvgIpc) is 2.85. The van der Waals surface area contributed by atoms with Crippen LogP contribution in [-0.4, -0.2) is 25.6 Å². The van der Waals surface area contributed by atoms with Crippen molar-refractivity contribution in [2.75, 3.05) is 0 Å². The fourth-order valence-electron chi connectivity index (χ4n) is 1.97. The Kier molecular flexibility index (Phi) is 6.10. The maximum atomic E-state index is 12.3. The predicted octanol–water partition coefficient (Wildman–Crippen LogP) is 3.01. The zero-order valence-electron chi connectivity index (χ0n) is 13.7. The van der Waals surface area contributed by atoms with Gasteiger partial charge in [0.1, 0.15) is 18.4 Å². The standard InChI is InChI=1S/C15H16Cl2N2O5S/c1-8-12(10(3)24-18-8)7-23-15(20)9(2)19-25(21,22)11-4-5-13(16)14(17)6-11/h4-6,9,19H,7H2,1-3H3/t9-/m1/s1. The van der Waals surface area contributed by atoms with E-state index in [1.54, 1.807) is 13.8 Å². The van der Waals surface area contributed by atoms with Crippen molar-refractivity contribution in [2.45, 2.75) is 38.3 Å². The smallest absolute Gasteiger partial charge is 0.324 e. The average molecular weight is 407 g/mol. The lowest BCUT2D eigenvalue weighted by Crippen LogP contribution is -2.39. The lowest BCUT2D eigenvalue weighted by molar-refractivity contribution is -0.146. The summed E-state index contributed by atoms with van der Waals surface area (Å²) in [5.74, 6) is -0.196. The van der Waals surface area contributed by atoms with E-state index in [0.717, 1.165) is 0 Å². The molecule has 0 aliphatic heterocycles. The van der Waals surface area contributed by atoms with Crippen molar-refractivity contribution in [2.24, 2.45) is 0 Å². The topological polar surface area (TPSA) is 98.5 Å². The molecule has 0 saturated heterocycles. The first-order valence-electron chi connectivity index (χ1n) is 7.17. The van der Waals surface area contributed by atoms with Crippen molar-refractivity contribution in [3.8, 4) is 0 Å². The summed E-state index contributed by atoms with van der Waals surface area (Å²) in [6.07, 6.45) is 0. The quantitative estimate of drug-likeness (QED) is 0.740. The number of benzene rings is 1. The van der Waals surface area contributed by atoms with Crippen LogP contribution < -0.4 is 4.72 Å². The normalized spacial score (nSPS) is 12.8. The van der Waals surface area contributed by atoms with E-state index in [9.17, 15) is 13.2 Å². The van der Waals surface area contributed by atoms with Crippen molar-refractivity contribution in [1.29, 1.82) is 0 Å². The van der Waals surface area contributed by atoms with Crippen molar-refractivity contribution in [3.63, 3.8) is 0 Å². The van der Waals surface area contributed by atoms with E-state index in [0.29, 0.717) is 17.0 Å². The number of hydrogen-bond donors (Lipinski definition) is 1. The number of ether oxygens (including phenoxy) is 1. The van der Waals surface area contributed by atoms with E-state index in [1.165, 1.54) is 25.1 Å². The maximum Gasteiger partial charge on any atom is 0.324 e. The molecule has 136 valence electrons. The summed E-state index contributed by atoms with van der Waals surface area (Å²) < 4.78 is 36.9. The van der Waals surface area contributed by atoms with Crippen molar-refractivity contribution >= 4 is 39.2 Å². The van der Waals surface area contributed by atoms with Gasteiger partial charge in [0.25, 0.3) is 0 Å². The summed E-state index contributed by atoms with van der Waals surface area (Å²) >= 11 is 11.6. The molecule has 1 aromatic heterocycles. The minimum absolute atomic E-state index is 0.0567. The van der Waals surface area contributed by atoms with Crippen LogP contribution in [0.2, 0.25) is 10.0 Å². The van der Waals surface area contributed by atoms with Crippen LogP contribution in [0.15, 0.2) is 27.6 Å². The summed E-state index contributed by atoms with van der Waals surface area (Å²) in [7, 11) is -3.96. The Hall–Kier alpha value is -1.61. The van der Waals surface area contributed by atoms with Crippen LogP contribution in [-0.2, 0) is 26.2 Å². The second-order valence-corrected chi connectivity index (χ2v) is 7.86. The first-order chi connectivity index (χ1) is 11.6. The highest BCUT2D eigenvalue weighted by molar-refractivity contribution is 7.89. The van der Waals surface area contributed by atoms with Crippen LogP contribution in [0.25, 0.3) is 0 Å². The first-order valence-corrected chi connectivity index (χ1v) is 9.41. The number of nitrogens with one attached hydrogen (secondary N) is 1. The number of esters is 1. The zero-order valence-corrected chi connectivity index (χ0v) is 16.0. The molecule has 2 rings (SSSR count). The Labute approximate surface area is 155 Å². The Balaban J connectivity index is 2.03. The Morgan fingerprint density at radius 1 is 1.32 bits per heavy atom. The van der Waals surface area contributed by atoms with Crippen LogP contribution in [0.4, 0.5) is 0 Å². The summed E-state index contributed by atoms with van der Waals surface area (Å²) in [5.41, 5.74) is 1.25. The molecule has 0 saturated carbocycles. The Morgan fingerprint density at radius 2 is 2.00 bits per heavy atom. The molecule has 10 heteroatoms. The SMILES string of the molecule is Cc1noc(C)c1COC(=O)[C@@H](C)NS(=O)(=O)c1ccc(Cl)c(Cl)c1. The molecular weight excluding hydrogens is 391 g/mol. The number of carbonyl (C=O) groups excluding carboxylic acids is 1. The molecule has 0 fully saturated rings. The minimum Gasteiger partial charge on any atom is -0.459 e. The van der Waals surface area contributed by atoms with E-state index >= 15 is 0 Å². The third-order valence-corrected chi connectivity index (χ3v) is 5.70. The first kappa shape index (κ1) is 19.7. The van der Waals surface area contributed by atoms with Gasteiger partial charge in [-0.05, 0) is 39.0 Å². The summed E-state index contributed by atoms with van der Waals surface area (Å²) in [4.78, 5) is 11.9. The van der Waals surface area contributed by atoms with Gasteiger partial charge < -0.3 is 9.26 Å². The van der Waals surface area contributed by atoms with Gasteiger partial charge in [-0.25, -0.2) is 8.42 Å². The van der Waals surface area contributed by atoms with E-state index in [-0.39, 0.29) is 21.5 Å². The molecule has 0 amide bonds. The lowest BCUT2D eigenvalue weighted by atomic mass is 10.2. The van der Waals surface area contributed by atoms with Crippen LogP contribution in [0.1, 0.15) is 23.9 Å². The van der Waals surface area contributed by atoms with Crippen molar-refractivity contribution < 1.29 is 22.5 Å². The molecule has 0 radical (unpaired) electrons. The number of nitrogens with zero attached hydrogens (tertiary/aromatic N) is 1. The highest BCUT2D eigenvalue weighted by Gasteiger charge is 2.24. The van der Waals surface area contributed by atoms with Crippen LogP contribution in [0.3, 0.4) is 0 Å². The number of aryl methyl sites for hydroxylation is 2. The molecule has 2 aromatic rings. The van der Waals surface area contributed by atoms with Crippen molar-refractivity contribution in [1.82, 2.24) is 9.88 Å². The Morgan fingerprint density at radius 3 is 2.56 bits per heavy atom. The highest BCUT2D eigenvalue weighted by atomic mass is 35.5. The largest absolute Gasteiger partial charge is 0.459 e. The maximum absolute atomic E-state index is 12.3. The fourth-order valence-corrected chi connectivity index (χ4v) is 3.55. The molecule has 0 aliphatic rings. The van der Waals surface area contributed by atoms with Crippen LogP contribution in [0, 0.1) is 13.8 Å². The molecule has 1 atom stereocenters. The third kappa shape index (κ3) is 4.72. The molecule has 1 N–H and O–H groups in total. The van der Waals surface area contributed by atoms with Gasteiger partial charge >= 0.3 is 5.97 Å². The monoisotopic (exact) mass is 406 g/mol. The summed E-state index contributed by atoms with van der Waals surface area (Å²) in [6.45, 7) is 4.74. The molecule has 0 spiro atoms. The number of sulfonamides is 1. The van der Waals surface area contributed by atoms with Crippen molar-refractivity contribution in [3.05, 3.63) is 45.3 Å². The molecule has 1 aromatic carbocycles. The number of hydrogen-bond acceptors (Lipinski definition) is 6. The highest BCUT2D eigenvalue weighted by Crippen LogP contribution is 2.24. The van der Waals surface area contributed by atoms with Gasteiger partial charge in [0.15, 0.2) is 0 Å². The molecule has 7 nitrogen and oxygen atoms in total. The Bertz CT molecular complexity index is 876. The fraction of sp³-hybridized carbons (Fsp3) is 0.333. The lowest BCUT2D eigenvalue weighted by Gasteiger charge is -2.14. The molecule has 0 unspecified atom stereocenters. The third-order valence-electron chi connectivity index (χ3n) is 3.43. The van der Waals surface area contributed by atoms with Crippen LogP contribution >= 0.6 is 23.2 Å². The minimum atomic E-state index is -3.96. The summed E-state index contributed by atoms with van der Waals surface area (Å²) in [6, 6.07) is 2.76. The number of rotatable bonds is 6. The van der Waals surface area contributed by atoms with Crippen LogP contribution in [0.5, 0.6) is 0 Å². The molecular formula is C15H16Cl2N2O5S. The number of carbonyl (C=O) groups is 1. The van der Waals surface area contributed by atoms with E-state index in [2.05, 4.69) is 9.88 Å². The molecule has 1 heterocycles. The van der Waals surface area contributed by atoms with E-state index in [4.69, 9.17) is 32.5 Å².